The first-order chi connectivity index (χ1) is 16.9. The second-order valence-electron chi connectivity index (χ2n) is 8.94. The van der Waals surface area contributed by atoms with Crippen molar-refractivity contribution < 1.29 is 14.3 Å². The van der Waals surface area contributed by atoms with Gasteiger partial charge in [-0.05, 0) is 38.4 Å². The maximum atomic E-state index is 13.5. The average molecular weight is 498 g/mol. The summed E-state index contributed by atoms with van der Waals surface area (Å²) in [5, 5.41) is 4.29. The first kappa shape index (κ1) is 24.9. The largest absolute Gasteiger partial charge is 0.495 e. The SMILES string of the molecule is COc1ccccc1N1CCN(C(=O)c2cn(CC(=O)NCCN(C)C)c3cc(Cl)ccc23)CC1. The van der Waals surface area contributed by atoms with Crippen LogP contribution in [-0.2, 0) is 11.3 Å². The number of aromatic nitrogens is 1. The van der Waals surface area contributed by atoms with Gasteiger partial charge in [-0.2, -0.15) is 0 Å². The molecule has 8 nitrogen and oxygen atoms in total. The van der Waals surface area contributed by atoms with E-state index in [2.05, 4.69) is 10.2 Å². The van der Waals surface area contributed by atoms with E-state index in [4.69, 9.17) is 16.3 Å². The number of benzene rings is 2. The Morgan fingerprint density at radius 2 is 1.83 bits per heavy atom. The number of amides is 2. The van der Waals surface area contributed by atoms with Crippen molar-refractivity contribution in [2.24, 2.45) is 0 Å². The van der Waals surface area contributed by atoms with Gasteiger partial charge in [-0.25, -0.2) is 0 Å². The van der Waals surface area contributed by atoms with Gasteiger partial charge in [0.25, 0.3) is 5.91 Å². The molecule has 1 N–H and O–H groups in total. The van der Waals surface area contributed by atoms with Crippen LogP contribution in [0.25, 0.3) is 10.9 Å². The van der Waals surface area contributed by atoms with Crippen LogP contribution in [0.1, 0.15) is 10.4 Å². The summed E-state index contributed by atoms with van der Waals surface area (Å²) in [5.74, 6) is 0.688. The number of carbonyl (C=O) groups is 2. The lowest BCUT2D eigenvalue weighted by atomic mass is 10.1. The molecule has 1 aromatic heterocycles. The fraction of sp³-hybridized carbons (Fsp3) is 0.385. The third kappa shape index (κ3) is 5.71. The van der Waals surface area contributed by atoms with E-state index in [-0.39, 0.29) is 18.4 Å². The van der Waals surface area contributed by atoms with Gasteiger partial charge in [0, 0.05) is 55.9 Å². The molecule has 35 heavy (non-hydrogen) atoms. The lowest BCUT2D eigenvalue weighted by Crippen LogP contribution is -2.48. The van der Waals surface area contributed by atoms with Gasteiger partial charge in [0.15, 0.2) is 0 Å². The van der Waals surface area contributed by atoms with Crippen molar-refractivity contribution in [3.8, 4) is 5.75 Å². The van der Waals surface area contributed by atoms with Gasteiger partial charge in [0.05, 0.1) is 23.9 Å². The summed E-state index contributed by atoms with van der Waals surface area (Å²) in [6.07, 6.45) is 1.78. The number of fused-ring (bicyclic) bond motifs is 1. The van der Waals surface area contributed by atoms with Crippen LogP contribution in [0.2, 0.25) is 5.02 Å². The lowest BCUT2D eigenvalue weighted by molar-refractivity contribution is -0.121. The van der Waals surface area contributed by atoms with Crippen molar-refractivity contribution >= 4 is 40.0 Å². The number of nitrogens with zero attached hydrogens (tertiary/aromatic N) is 4. The maximum absolute atomic E-state index is 13.5. The summed E-state index contributed by atoms with van der Waals surface area (Å²) in [7, 11) is 5.59. The number of piperazine rings is 1. The van der Waals surface area contributed by atoms with Crippen molar-refractivity contribution in [1.82, 2.24) is 19.7 Å². The molecule has 2 amide bonds. The molecule has 0 bridgehead atoms. The van der Waals surface area contributed by atoms with Gasteiger partial charge >= 0.3 is 0 Å². The molecule has 9 heteroatoms. The van der Waals surface area contributed by atoms with E-state index in [1.54, 1.807) is 25.4 Å². The normalized spacial score (nSPS) is 14.0. The highest BCUT2D eigenvalue weighted by Gasteiger charge is 2.26. The summed E-state index contributed by atoms with van der Waals surface area (Å²) in [4.78, 5) is 32.2. The van der Waals surface area contributed by atoms with Crippen molar-refractivity contribution in [3.05, 3.63) is 59.2 Å². The third-order valence-electron chi connectivity index (χ3n) is 6.26. The number of carbonyl (C=O) groups excluding carboxylic acids is 2. The molecule has 1 aliphatic rings. The predicted molar refractivity (Wildman–Crippen MR) is 140 cm³/mol. The topological polar surface area (TPSA) is 70.0 Å². The summed E-state index contributed by atoms with van der Waals surface area (Å²) >= 11 is 6.25. The van der Waals surface area contributed by atoms with Crippen LogP contribution >= 0.6 is 11.6 Å². The molecule has 0 spiro atoms. The highest BCUT2D eigenvalue weighted by atomic mass is 35.5. The maximum Gasteiger partial charge on any atom is 0.256 e. The third-order valence-corrected chi connectivity index (χ3v) is 6.50. The number of hydrogen-bond donors (Lipinski definition) is 1. The smallest absolute Gasteiger partial charge is 0.256 e. The van der Waals surface area contributed by atoms with E-state index < -0.39 is 0 Å². The number of halogens is 1. The molecule has 0 unspecified atom stereocenters. The zero-order valence-electron chi connectivity index (χ0n) is 20.5. The minimum absolute atomic E-state index is 0.0382. The molecule has 2 heterocycles. The fourth-order valence-corrected chi connectivity index (χ4v) is 4.57. The summed E-state index contributed by atoms with van der Waals surface area (Å²) in [6, 6.07) is 13.4. The standard InChI is InChI=1S/C26H32ClN5O3/c1-29(2)11-10-28-25(33)18-32-17-21(20-9-8-19(27)16-23(20)32)26(34)31-14-12-30(13-15-31)22-6-4-5-7-24(22)35-3/h4-9,16-17H,10-15,18H2,1-3H3,(H,28,33). The second-order valence-corrected chi connectivity index (χ2v) is 9.37. The quantitative estimate of drug-likeness (QED) is 0.518. The molecule has 3 aromatic rings. The minimum Gasteiger partial charge on any atom is -0.495 e. The molecule has 0 radical (unpaired) electrons. The Labute approximate surface area is 211 Å². The van der Waals surface area contributed by atoms with E-state index in [0.717, 1.165) is 28.9 Å². The molecule has 1 aliphatic heterocycles. The van der Waals surface area contributed by atoms with Crippen molar-refractivity contribution in [3.63, 3.8) is 0 Å². The Bertz CT molecular complexity index is 1200. The van der Waals surface area contributed by atoms with E-state index in [0.29, 0.717) is 43.3 Å². The molecule has 2 aromatic carbocycles. The van der Waals surface area contributed by atoms with Gasteiger partial charge in [-0.15, -0.1) is 0 Å². The van der Waals surface area contributed by atoms with Crippen LogP contribution in [-0.4, -0.2) is 86.7 Å². The number of rotatable bonds is 8. The Morgan fingerprint density at radius 3 is 2.54 bits per heavy atom. The van der Waals surface area contributed by atoms with Crippen LogP contribution in [0.3, 0.4) is 0 Å². The number of para-hydroxylation sites is 2. The molecule has 4 rings (SSSR count). The van der Waals surface area contributed by atoms with E-state index in [9.17, 15) is 9.59 Å². The highest BCUT2D eigenvalue weighted by molar-refractivity contribution is 6.31. The fourth-order valence-electron chi connectivity index (χ4n) is 4.41. The zero-order chi connectivity index (χ0) is 24.9. The molecular weight excluding hydrogens is 466 g/mol. The Kier molecular flexibility index (Phi) is 7.83. The predicted octanol–water partition coefficient (Wildman–Crippen LogP) is 2.94. The number of anilines is 1. The van der Waals surface area contributed by atoms with Gasteiger partial charge in [-0.3, -0.25) is 9.59 Å². The number of nitrogens with one attached hydrogen (secondary N) is 1. The summed E-state index contributed by atoms with van der Waals surface area (Å²) in [6.45, 7) is 4.07. The van der Waals surface area contributed by atoms with Gasteiger partial charge in [-0.1, -0.05) is 29.8 Å². The van der Waals surface area contributed by atoms with Crippen LogP contribution in [0.15, 0.2) is 48.7 Å². The molecule has 186 valence electrons. The lowest BCUT2D eigenvalue weighted by Gasteiger charge is -2.36. The molecule has 0 saturated carbocycles. The molecular formula is C26H32ClN5O3. The van der Waals surface area contributed by atoms with Crippen molar-refractivity contribution in [2.75, 3.05) is 65.4 Å². The monoisotopic (exact) mass is 497 g/mol. The molecule has 0 atom stereocenters. The first-order valence-corrected chi connectivity index (χ1v) is 12.1. The first-order valence-electron chi connectivity index (χ1n) is 11.7. The van der Waals surface area contributed by atoms with Crippen molar-refractivity contribution in [1.29, 1.82) is 0 Å². The van der Waals surface area contributed by atoms with Crippen LogP contribution < -0.4 is 15.0 Å². The Morgan fingerprint density at radius 1 is 1.09 bits per heavy atom. The van der Waals surface area contributed by atoms with Gasteiger partial charge < -0.3 is 29.3 Å². The number of ether oxygens (including phenoxy) is 1. The van der Waals surface area contributed by atoms with Gasteiger partial charge in [0.1, 0.15) is 12.3 Å². The summed E-state index contributed by atoms with van der Waals surface area (Å²) in [5.41, 5.74) is 2.40. The zero-order valence-corrected chi connectivity index (χ0v) is 21.2. The molecule has 0 aliphatic carbocycles. The second kappa shape index (κ2) is 11.0. The molecule has 1 saturated heterocycles. The van der Waals surface area contributed by atoms with E-state index in [1.165, 1.54) is 0 Å². The van der Waals surface area contributed by atoms with Crippen LogP contribution in [0.4, 0.5) is 5.69 Å². The summed E-state index contributed by atoms with van der Waals surface area (Å²) < 4.78 is 7.31. The molecule has 1 fully saturated rings. The Hall–Kier alpha value is -3.23. The van der Waals surface area contributed by atoms with E-state index >= 15 is 0 Å². The number of likely N-dealkylation sites (N-methyl/N-ethyl adjacent to an activating group) is 1. The minimum atomic E-state index is -0.104. The van der Waals surface area contributed by atoms with Crippen molar-refractivity contribution in [2.45, 2.75) is 6.54 Å². The Balaban J connectivity index is 1.49. The van der Waals surface area contributed by atoms with Gasteiger partial charge in [0.2, 0.25) is 5.91 Å². The van der Waals surface area contributed by atoms with Crippen LogP contribution in [0, 0.1) is 0 Å². The van der Waals surface area contributed by atoms with Crippen LogP contribution in [0.5, 0.6) is 5.75 Å². The highest BCUT2D eigenvalue weighted by Crippen LogP contribution is 2.30. The van der Waals surface area contributed by atoms with E-state index in [1.807, 2.05) is 58.8 Å². The number of hydrogen-bond acceptors (Lipinski definition) is 5. The number of methoxy groups -OCH3 is 1. The average Bonchev–Trinajstić information content (AvgIpc) is 3.20.